The molecule has 3 aromatic carbocycles. The number of phenols is 2. The Morgan fingerprint density at radius 1 is 0.759 bits per heavy atom. The number of phenolic OH excluding ortho intramolecular Hbond substituents is 2. The van der Waals surface area contributed by atoms with Gasteiger partial charge in [-0.05, 0) is 53.6 Å². The normalized spacial score (nSPS) is 13.8. The van der Waals surface area contributed by atoms with E-state index in [0.717, 1.165) is 12.1 Å². The summed E-state index contributed by atoms with van der Waals surface area (Å²) in [4.78, 5) is 0. The molecule has 0 fully saturated rings. The summed E-state index contributed by atoms with van der Waals surface area (Å²) in [5.41, 5.74) is -0.276. The Hall–Kier alpha value is -1.67. The third-order valence-electron chi connectivity index (χ3n) is 4.38. The molecule has 3 rings (SSSR count). The fourth-order valence-corrected chi connectivity index (χ4v) is 5.36. The van der Waals surface area contributed by atoms with E-state index in [1.807, 2.05) is 0 Å². The first-order valence-electron chi connectivity index (χ1n) is 7.89. The minimum atomic E-state index is -5.04. The van der Waals surface area contributed by atoms with E-state index in [1.54, 1.807) is 0 Å². The van der Waals surface area contributed by atoms with Gasteiger partial charge in [-0.15, -0.1) is 0 Å². The van der Waals surface area contributed by atoms with Crippen molar-refractivity contribution < 1.29 is 23.2 Å². The molecule has 0 aliphatic carbocycles. The van der Waals surface area contributed by atoms with Crippen LogP contribution >= 0.6 is 46.4 Å². The molecule has 0 aliphatic heterocycles. The van der Waals surface area contributed by atoms with Crippen LogP contribution in [0.15, 0.2) is 54.6 Å². The van der Waals surface area contributed by atoms with Gasteiger partial charge >= 0.3 is 0 Å². The van der Waals surface area contributed by atoms with Crippen molar-refractivity contribution in [2.75, 3.05) is 0 Å². The summed E-state index contributed by atoms with van der Waals surface area (Å²) in [7, 11) is -5.04. The number of hydrogen-bond donors (Lipinski definition) is 3. The Morgan fingerprint density at radius 2 is 1.41 bits per heavy atom. The largest absolute Gasteiger partial charge is 0.504 e. The lowest BCUT2D eigenvalue weighted by atomic mass is 9.83. The minimum Gasteiger partial charge on any atom is -0.504 e. The number of hydrogen-bond acceptors (Lipinski definition) is 4. The molecule has 1 atom stereocenters. The van der Waals surface area contributed by atoms with Gasteiger partial charge in [-0.3, -0.25) is 4.55 Å². The molecule has 0 spiro atoms. The molecule has 0 radical (unpaired) electrons. The maximum absolute atomic E-state index is 13.0. The summed E-state index contributed by atoms with van der Waals surface area (Å²) in [6.07, 6.45) is 0. The summed E-state index contributed by atoms with van der Waals surface area (Å²) >= 11 is 24.5. The Morgan fingerprint density at radius 3 is 2.00 bits per heavy atom. The molecule has 152 valence electrons. The number of rotatable bonds is 4. The fourth-order valence-electron chi connectivity index (χ4n) is 3.18. The number of aromatic hydroxyl groups is 2. The van der Waals surface area contributed by atoms with Crippen molar-refractivity contribution in [3.05, 3.63) is 91.4 Å². The van der Waals surface area contributed by atoms with Gasteiger partial charge in [0.25, 0.3) is 10.1 Å². The Kier molecular flexibility index (Phi) is 5.98. The van der Waals surface area contributed by atoms with Crippen molar-refractivity contribution in [3.8, 4) is 11.5 Å². The predicted molar refractivity (Wildman–Crippen MR) is 114 cm³/mol. The van der Waals surface area contributed by atoms with E-state index in [-0.39, 0.29) is 36.8 Å². The van der Waals surface area contributed by atoms with E-state index in [2.05, 4.69) is 0 Å². The van der Waals surface area contributed by atoms with Crippen molar-refractivity contribution in [1.29, 1.82) is 0 Å². The lowest BCUT2D eigenvalue weighted by molar-refractivity contribution is 0.402. The van der Waals surface area contributed by atoms with Crippen LogP contribution in [-0.2, 0) is 14.9 Å². The highest BCUT2D eigenvalue weighted by atomic mass is 35.5. The van der Waals surface area contributed by atoms with Gasteiger partial charge in [0, 0.05) is 20.6 Å². The van der Waals surface area contributed by atoms with Gasteiger partial charge in [-0.1, -0.05) is 58.5 Å². The van der Waals surface area contributed by atoms with Crippen LogP contribution in [0.1, 0.15) is 16.7 Å². The summed E-state index contributed by atoms with van der Waals surface area (Å²) in [5, 5.41) is 19.9. The van der Waals surface area contributed by atoms with Gasteiger partial charge < -0.3 is 10.2 Å². The molecule has 0 saturated heterocycles. The highest BCUT2D eigenvalue weighted by molar-refractivity contribution is 7.87. The molecule has 0 aliphatic rings. The molecule has 10 heteroatoms. The quantitative estimate of drug-likeness (QED) is 0.239. The van der Waals surface area contributed by atoms with Crippen LogP contribution < -0.4 is 0 Å². The van der Waals surface area contributed by atoms with E-state index in [0.29, 0.717) is 0 Å². The molecular formula is C19H12Cl4O5S. The van der Waals surface area contributed by atoms with E-state index in [1.165, 1.54) is 42.5 Å². The SMILES string of the molecule is O=S(=O)(O)C(c1cccc(Cl)c1)(c1cc(O)c(O)c(Cl)c1)c1cc(Cl)ccc1Cl. The van der Waals surface area contributed by atoms with Gasteiger partial charge in [0.15, 0.2) is 16.2 Å². The van der Waals surface area contributed by atoms with Crippen LogP contribution in [0.2, 0.25) is 20.1 Å². The van der Waals surface area contributed by atoms with Gasteiger partial charge in [0.05, 0.1) is 5.02 Å². The van der Waals surface area contributed by atoms with Crippen molar-refractivity contribution in [3.63, 3.8) is 0 Å². The first kappa shape index (κ1) is 22.0. The fraction of sp³-hybridized carbons (Fsp3) is 0.0526. The lowest BCUT2D eigenvalue weighted by Gasteiger charge is -2.33. The molecule has 3 aromatic rings. The summed E-state index contributed by atoms with van der Waals surface area (Å²) in [5.74, 6) is -1.34. The maximum atomic E-state index is 13.0. The molecule has 0 aromatic heterocycles. The first-order chi connectivity index (χ1) is 13.5. The second-order valence-electron chi connectivity index (χ2n) is 6.12. The van der Waals surface area contributed by atoms with Crippen molar-refractivity contribution in [1.82, 2.24) is 0 Å². The summed E-state index contributed by atoms with van der Waals surface area (Å²) in [6.45, 7) is 0. The molecule has 1 unspecified atom stereocenters. The summed E-state index contributed by atoms with van der Waals surface area (Å²) in [6, 6.07) is 11.9. The molecule has 0 bridgehead atoms. The molecule has 0 saturated carbocycles. The van der Waals surface area contributed by atoms with Crippen LogP contribution in [0.4, 0.5) is 0 Å². The van der Waals surface area contributed by atoms with Crippen molar-refractivity contribution in [2.24, 2.45) is 0 Å². The molecule has 0 amide bonds. The van der Waals surface area contributed by atoms with Crippen LogP contribution in [0.25, 0.3) is 0 Å². The van der Waals surface area contributed by atoms with E-state index >= 15 is 0 Å². The van der Waals surface area contributed by atoms with E-state index < -0.39 is 26.4 Å². The third-order valence-corrected chi connectivity index (χ3v) is 6.93. The smallest absolute Gasteiger partial charge is 0.283 e. The Bertz CT molecular complexity index is 1190. The second kappa shape index (κ2) is 7.87. The highest BCUT2D eigenvalue weighted by Gasteiger charge is 2.50. The van der Waals surface area contributed by atoms with Gasteiger partial charge in [-0.2, -0.15) is 8.42 Å². The summed E-state index contributed by atoms with van der Waals surface area (Å²) < 4.78 is 34.0. The zero-order valence-electron chi connectivity index (χ0n) is 14.3. The van der Waals surface area contributed by atoms with Gasteiger partial charge in [0.2, 0.25) is 0 Å². The standard InChI is InChI=1S/C19H12Cl4O5S/c20-12-3-1-2-10(6-12)19(29(26,27)28,14-9-13(21)4-5-15(14)22)11-7-16(23)18(25)17(24)8-11/h1-9,24-25H,(H,26,27,28). The second-order valence-corrected chi connectivity index (χ2v) is 9.37. The Balaban J connectivity index is 2.61. The lowest BCUT2D eigenvalue weighted by Crippen LogP contribution is -2.38. The monoisotopic (exact) mass is 492 g/mol. The molecule has 29 heavy (non-hydrogen) atoms. The topological polar surface area (TPSA) is 94.8 Å². The predicted octanol–water partition coefficient (Wildman–Crippen LogP) is 5.89. The zero-order chi connectivity index (χ0) is 21.6. The zero-order valence-corrected chi connectivity index (χ0v) is 18.1. The Labute approximate surface area is 186 Å². The minimum absolute atomic E-state index is 0.0119. The van der Waals surface area contributed by atoms with Crippen LogP contribution in [0, 0.1) is 0 Å². The van der Waals surface area contributed by atoms with Crippen LogP contribution in [0.3, 0.4) is 0 Å². The van der Waals surface area contributed by atoms with Crippen molar-refractivity contribution in [2.45, 2.75) is 4.75 Å². The number of benzene rings is 3. The van der Waals surface area contributed by atoms with Crippen LogP contribution in [-0.4, -0.2) is 23.2 Å². The average Bonchev–Trinajstić information content (AvgIpc) is 2.62. The molecular weight excluding hydrogens is 482 g/mol. The van der Waals surface area contributed by atoms with E-state index in [4.69, 9.17) is 46.4 Å². The van der Waals surface area contributed by atoms with Gasteiger partial charge in [0.1, 0.15) is 0 Å². The highest BCUT2D eigenvalue weighted by Crippen LogP contribution is 2.50. The number of halogens is 4. The van der Waals surface area contributed by atoms with Crippen molar-refractivity contribution >= 4 is 56.5 Å². The van der Waals surface area contributed by atoms with E-state index in [9.17, 15) is 23.2 Å². The molecule has 0 heterocycles. The first-order valence-corrected chi connectivity index (χ1v) is 10.8. The maximum Gasteiger partial charge on any atom is 0.283 e. The third kappa shape index (κ3) is 3.77. The molecule has 3 N–H and O–H groups in total. The van der Waals surface area contributed by atoms with Gasteiger partial charge in [-0.25, -0.2) is 0 Å². The molecule has 5 nitrogen and oxygen atoms in total. The van der Waals surface area contributed by atoms with Crippen LogP contribution in [0.5, 0.6) is 11.5 Å². The average molecular weight is 494 g/mol.